The molecular weight excluding hydrogens is 102 g/mol. The summed E-state index contributed by atoms with van der Waals surface area (Å²) in [7, 11) is 0. The number of hydrogen-bond donors (Lipinski definition) is 0. The number of hydrogen-bond acceptors (Lipinski definition) is 2. The summed E-state index contributed by atoms with van der Waals surface area (Å²) in [5.74, 6) is 3.30. The maximum Gasteiger partial charge on any atom is 0.249 e. The highest BCUT2D eigenvalue weighted by molar-refractivity contribution is 5.36. The number of aliphatic imine (C=N–C) groups is 1. The Hall–Kier alpha value is -1.06. The van der Waals surface area contributed by atoms with Crippen molar-refractivity contribution in [3.05, 3.63) is 0 Å². The van der Waals surface area contributed by atoms with E-state index in [0.29, 0.717) is 5.92 Å². The van der Waals surface area contributed by atoms with Crippen LogP contribution in [0.5, 0.6) is 0 Å². The average Bonchev–Trinajstić information content (AvgIpc) is 2.51. The van der Waals surface area contributed by atoms with Crippen molar-refractivity contribution in [2.75, 3.05) is 0 Å². The molecule has 1 aliphatic rings. The van der Waals surface area contributed by atoms with Crippen LogP contribution >= 0.6 is 0 Å². The predicted molar refractivity (Wildman–Crippen MR) is 28.6 cm³/mol. The van der Waals surface area contributed by atoms with Gasteiger partial charge in [0.05, 0.1) is 0 Å². The van der Waals surface area contributed by atoms with Gasteiger partial charge < -0.3 is 0 Å². The van der Waals surface area contributed by atoms with Crippen molar-refractivity contribution in [2.45, 2.75) is 12.8 Å². The zero-order chi connectivity index (χ0) is 5.82. The van der Waals surface area contributed by atoms with E-state index in [9.17, 15) is 4.79 Å². The summed E-state index contributed by atoms with van der Waals surface area (Å²) >= 11 is 0. The van der Waals surface area contributed by atoms with Gasteiger partial charge in [0.15, 0.2) is 0 Å². The first-order valence-corrected chi connectivity index (χ1v) is 2.51. The van der Waals surface area contributed by atoms with E-state index in [0.717, 1.165) is 0 Å². The maximum atomic E-state index is 9.41. The van der Waals surface area contributed by atoms with Crippen LogP contribution in [-0.4, -0.2) is 6.08 Å². The molecule has 0 aromatic carbocycles. The fraction of sp³-hybridized carbons (Fsp3) is 0.500. The Bertz CT molecular complexity index is 176. The van der Waals surface area contributed by atoms with Gasteiger partial charge >= 0.3 is 0 Å². The van der Waals surface area contributed by atoms with Gasteiger partial charge in [-0.25, -0.2) is 4.79 Å². The molecule has 1 fully saturated rings. The minimum atomic E-state index is 0.520. The minimum absolute atomic E-state index is 0.520. The monoisotopic (exact) mass is 107 g/mol. The van der Waals surface area contributed by atoms with Crippen molar-refractivity contribution >= 4 is 6.08 Å². The van der Waals surface area contributed by atoms with E-state index in [1.165, 1.54) is 18.9 Å². The molecule has 2 heteroatoms. The summed E-state index contributed by atoms with van der Waals surface area (Å²) in [6.45, 7) is 0. The molecule has 2 nitrogen and oxygen atoms in total. The van der Waals surface area contributed by atoms with E-state index in [1.54, 1.807) is 0 Å². The van der Waals surface area contributed by atoms with Crippen LogP contribution in [0, 0.1) is 17.9 Å². The third-order valence-corrected chi connectivity index (χ3v) is 0.948. The third kappa shape index (κ3) is 1.59. The number of rotatable bonds is 0. The van der Waals surface area contributed by atoms with Crippen molar-refractivity contribution in [1.29, 1.82) is 0 Å². The van der Waals surface area contributed by atoms with E-state index >= 15 is 0 Å². The lowest BCUT2D eigenvalue weighted by atomic mass is 10.5. The van der Waals surface area contributed by atoms with E-state index in [4.69, 9.17) is 0 Å². The summed E-state index contributed by atoms with van der Waals surface area (Å²) < 4.78 is 0. The fourth-order valence-corrected chi connectivity index (χ4v) is 0.374. The van der Waals surface area contributed by atoms with Crippen molar-refractivity contribution in [1.82, 2.24) is 0 Å². The van der Waals surface area contributed by atoms with Gasteiger partial charge in [-0.05, 0) is 12.8 Å². The van der Waals surface area contributed by atoms with Gasteiger partial charge in [-0.2, -0.15) is 0 Å². The molecule has 0 radical (unpaired) electrons. The molecule has 0 aliphatic heterocycles. The summed E-state index contributed by atoms with van der Waals surface area (Å²) in [6, 6.07) is 2.35. The van der Waals surface area contributed by atoms with E-state index in [2.05, 4.69) is 17.0 Å². The van der Waals surface area contributed by atoms with Gasteiger partial charge in [0, 0.05) is 12.0 Å². The number of nitrogens with zero attached hydrogens (tertiary/aromatic N) is 1. The molecule has 1 aliphatic carbocycles. The second-order valence-corrected chi connectivity index (χ2v) is 1.73. The lowest BCUT2D eigenvalue weighted by Gasteiger charge is -1.62. The van der Waals surface area contributed by atoms with Crippen LogP contribution in [0.2, 0.25) is 0 Å². The molecule has 0 aromatic heterocycles. The normalized spacial score (nSPS) is 15.5. The first kappa shape index (κ1) is 5.08. The van der Waals surface area contributed by atoms with Crippen molar-refractivity contribution in [2.24, 2.45) is 10.9 Å². The summed E-state index contributed by atoms with van der Waals surface area (Å²) in [5.41, 5.74) is 0. The van der Waals surface area contributed by atoms with Gasteiger partial charge in [-0.15, -0.1) is 4.99 Å². The van der Waals surface area contributed by atoms with Gasteiger partial charge in [0.1, 0.15) is 0 Å². The molecular formula is C6H5NO. The van der Waals surface area contributed by atoms with Gasteiger partial charge in [-0.3, -0.25) is 0 Å². The molecule has 1 saturated carbocycles. The number of isocyanates is 1. The van der Waals surface area contributed by atoms with Crippen LogP contribution in [0.3, 0.4) is 0 Å². The molecule has 8 heavy (non-hydrogen) atoms. The Kier molecular flexibility index (Phi) is 1.46. The van der Waals surface area contributed by atoms with E-state index in [1.807, 2.05) is 0 Å². The zero-order valence-corrected chi connectivity index (χ0v) is 4.35. The lowest BCUT2D eigenvalue weighted by molar-refractivity contribution is 0.565. The summed E-state index contributed by atoms with van der Waals surface area (Å²) in [4.78, 5) is 12.5. The van der Waals surface area contributed by atoms with Crippen LogP contribution in [0.4, 0.5) is 0 Å². The molecule has 0 heterocycles. The van der Waals surface area contributed by atoms with Crippen molar-refractivity contribution in [3.63, 3.8) is 0 Å². The van der Waals surface area contributed by atoms with Crippen molar-refractivity contribution in [3.8, 4) is 12.0 Å². The first-order valence-electron chi connectivity index (χ1n) is 2.51. The largest absolute Gasteiger partial charge is 0.249 e. The fourth-order valence-electron chi connectivity index (χ4n) is 0.374. The lowest BCUT2D eigenvalue weighted by Crippen LogP contribution is -1.59. The maximum absolute atomic E-state index is 9.41. The summed E-state index contributed by atoms with van der Waals surface area (Å²) in [5, 5.41) is 0. The molecule has 0 unspecified atom stereocenters. The highest BCUT2D eigenvalue weighted by Crippen LogP contribution is 2.27. The predicted octanol–water partition coefficient (Wildman–Crippen LogP) is 0.693. The Balaban J connectivity index is 2.34. The molecule has 1 rings (SSSR count). The summed E-state index contributed by atoms with van der Waals surface area (Å²) in [6.07, 6.45) is 3.69. The molecule has 0 amide bonds. The van der Waals surface area contributed by atoms with Crippen LogP contribution in [0.1, 0.15) is 12.8 Å². The molecule has 0 saturated heterocycles. The first-order chi connectivity index (χ1) is 3.93. The van der Waals surface area contributed by atoms with Gasteiger partial charge in [0.25, 0.3) is 0 Å². The zero-order valence-electron chi connectivity index (χ0n) is 4.35. The second-order valence-electron chi connectivity index (χ2n) is 1.73. The quantitative estimate of drug-likeness (QED) is 0.254. The van der Waals surface area contributed by atoms with Crippen molar-refractivity contribution < 1.29 is 4.79 Å². The Morgan fingerprint density at radius 1 is 1.50 bits per heavy atom. The molecule has 0 spiro atoms. The highest BCUT2D eigenvalue weighted by atomic mass is 16.1. The Labute approximate surface area is 47.6 Å². The Morgan fingerprint density at radius 2 is 2.25 bits per heavy atom. The molecule has 40 valence electrons. The second kappa shape index (κ2) is 2.30. The highest BCUT2D eigenvalue weighted by Gasteiger charge is 2.17. The third-order valence-electron chi connectivity index (χ3n) is 0.948. The van der Waals surface area contributed by atoms with Crippen LogP contribution < -0.4 is 0 Å². The van der Waals surface area contributed by atoms with Crippen LogP contribution in [0.25, 0.3) is 0 Å². The molecule has 0 atom stereocenters. The molecule has 0 bridgehead atoms. The average molecular weight is 107 g/mol. The van der Waals surface area contributed by atoms with E-state index in [-0.39, 0.29) is 0 Å². The number of carbonyl (C=O) groups excluding carboxylic acids is 1. The Morgan fingerprint density at radius 3 is 2.75 bits per heavy atom. The van der Waals surface area contributed by atoms with Crippen LogP contribution in [-0.2, 0) is 4.79 Å². The SMILES string of the molecule is O=C=NC#CC1CC1. The molecule has 0 N–H and O–H groups in total. The van der Waals surface area contributed by atoms with Crippen LogP contribution in [0.15, 0.2) is 4.99 Å². The van der Waals surface area contributed by atoms with E-state index < -0.39 is 0 Å². The standard InChI is InChI=1S/C6H5NO/c8-5-7-4-3-6-1-2-6/h6H,1-2H2. The molecule has 0 aromatic rings. The van der Waals surface area contributed by atoms with Gasteiger partial charge in [0.2, 0.25) is 6.08 Å². The minimum Gasteiger partial charge on any atom is -0.210 e. The topological polar surface area (TPSA) is 29.4 Å². The van der Waals surface area contributed by atoms with Gasteiger partial charge in [-0.1, -0.05) is 5.92 Å². The smallest absolute Gasteiger partial charge is 0.210 e.